The number of Topliss-reactive ketones (excluding diaryl/α,β-unsaturated/α-hetero) is 1. The third-order valence-electron chi connectivity index (χ3n) is 3.48. The Kier molecular flexibility index (Phi) is 3.51. The van der Waals surface area contributed by atoms with Crippen LogP contribution in [0.4, 0.5) is 5.69 Å². The van der Waals surface area contributed by atoms with Gasteiger partial charge < -0.3 is 5.73 Å². The van der Waals surface area contributed by atoms with Crippen molar-refractivity contribution in [1.29, 1.82) is 0 Å². The molecule has 0 radical (unpaired) electrons. The van der Waals surface area contributed by atoms with Gasteiger partial charge in [0.15, 0.2) is 5.78 Å². The maximum atomic E-state index is 12.4. The Morgan fingerprint density at radius 1 is 1.29 bits per heavy atom. The van der Waals surface area contributed by atoms with E-state index in [1.165, 1.54) is 0 Å². The van der Waals surface area contributed by atoms with E-state index in [0.717, 1.165) is 21.1 Å². The summed E-state index contributed by atoms with van der Waals surface area (Å²) < 4.78 is 2.54. The number of benzene rings is 2. The summed E-state index contributed by atoms with van der Waals surface area (Å²) in [6, 6.07) is 13.1. The number of anilines is 1. The number of halogens is 1. The minimum Gasteiger partial charge on any atom is -0.398 e. The number of nitrogens with two attached hydrogens (primary N) is 1. The van der Waals surface area contributed by atoms with Crippen LogP contribution in [0.15, 0.2) is 46.9 Å². The molecule has 0 spiro atoms. The molecule has 1 aromatic heterocycles. The van der Waals surface area contributed by atoms with Crippen molar-refractivity contribution in [2.45, 2.75) is 6.42 Å². The zero-order chi connectivity index (χ0) is 15.0. The maximum absolute atomic E-state index is 12.4. The Morgan fingerprint density at radius 3 is 2.81 bits per heavy atom. The molecule has 4 nitrogen and oxygen atoms in total. The van der Waals surface area contributed by atoms with Crippen LogP contribution in [0.1, 0.15) is 16.1 Å². The average Bonchev–Trinajstić information content (AvgIpc) is 2.79. The second-order valence-electron chi connectivity index (χ2n) is 4.92. The summed E-state index contributed by atoms with van der Waals surface area (Å²) in [6.07, 6.45) is 0.276. The van der Waals surface area contributed by atoms with Gasteiger partial charge in [0.1, 0.15) is 0 Å². The van der Waals surface area contributed by atoms with Crippen molar-refractivity contribution in [1.82, 2.24) is 9.78 Å². The third-order valence-corrected chi connectivity index (χ3v) is 4.17. The predicted molar refractivity (Wildman–Crippen MR) is 87.3 cm³/mol. The first-order chi connectivity index (χ1) is 10.1. The molecule has 0 amide bonds. The number of para-hydroxylation sites is 1. The van der Waals surface area contributed by atoms with Gasteiger partial charge in [-0.1, -0.05) is 18.2 Å². The largest absolute Gasteiger partial charge is 0.398 e. The molecule has 0 aliphatic carbocycles. The fourth-order valence-electron chi connectivity index (χ4n) is 2.37. The summed E-state index contributed by atoms with van der Waals surface area (Å²) in [4.78, 5) is 12.4. The molecule has 2 aromatic carbocycles. The van der Waals surface area contributed by atoms with E-state index < -0.39 is 0 Å². The second-order valence-corrected chi connectivity index (χ2v) is 5.78. The molecular formula is C16H14BrN3O. The Morgan fingerprint density at radius 2 is 2.05 bits per heavy atom. The molecule has 0 unspecified atom stereocenters. The van der Waals surface area contributed by atoms with E-state index in [2.05, 4.69) is 21.0 Å². The number of fused-ring (bicyclic) bond motifs is 1. The lowest BCUT2D eigenvalue weighted by molar-refractivity contribution is 0.0992. The fraction of sp³-hybridized carbons (Fsp3) is 0.125. The summed E-state index contributed by atoms with van der Waals surface area (Å²) in [7, 11) is 1.89. The number of rotatable bonds is 3. The molecule has 0 saturated carbocycles. The predicted octanol–water partition coefficient (Wildman–Crippen LogP) is 3.34. The highest BCUT2D eigenvalue weighted by atomic mass is 79.9. The highest BCUT2D eigenvalue weighted by Gasteiger charge is 2.14. The van der Waals surface area contributed by atoms with Gasteiger partial charge in [-0.25, -0.2) is 0 Å². The summed E-state index contributed by atoms with van der Waals surface area (Å²) >= 11 is 3.35. The molecule has 0 aliphatic rings. The molecule has 0 aliphatic heterocycles. The van der Waals surface area contributed by atoms with Gasteiger partial charge in [0.2, 0.25) is 0 Å². The molecule has 0 saturated heterocycles. The van der Waals surface area contributed by atoms with Gasteiger partial charge >= 0.3 is 0 Å². The topological polar surface area (TPSA) is 60.9 Å². The highest BCUT2D eigenvalue weighted by Crippen LogP contribution is 2.23. The van der Waals surface area contributed by atoms with Gasteiger partial charge in [-0.2, -0.15) is 5.10 Å². The molecule has 2 N–H and O–H groups in total. The molecule has 0 bridgehead atoms. The second kappa shape index (κ2) is 5.33. The minimum atomic E-state index is 0.0274. The molecule has 1 heterocycles. The normalized spacial score (nSPS) is 11.0. The number of ketones is 1. The molecule has 3 aromatic rings. The lowest BCUT2D eigenvalue weighted by Crippen LogP contribution is -2.05. The lowest BCUT2D eigenvalue weighted by Gasteiger charge is -2.03. The molecule has 5 heteroatoms. The SMILES string of the molecule is Cn1nc(CC(=O)c2ccc(N)c(Br)c2)c2ccccc21. The van der Waals surface area contributed by atoms with E-state index in [0.29, 0.717) is 11.3 Å². The van der Waals surface area contributed by atoms with Gasteiger partial charge in [0.25, 0.3) is 0 Å². The fourth-order valence-corrected chi connectivity index (χ4v) is 2.75. The molecular weight excluding hydrogens is 330 g/mol. The number of aryl methyl sites for hydroxylation is 1. The standard InChI is InChI=1S/C16H14BrN3O/c1-20-15-5-3-2-4-11(15)14(19-20)9-16(21)10-6-7-13(18)12(17)8-10/h2-8H,9,18H2,1H3. The van der Waals surface area contributed by atoms with Crippen LogP contribution in [0.5, 0.6) is 0 Å². The zero-order valence-electron chi connectivity index (χ0n) is 11.5. The Bertz CT molecular complexity index is 839. The summed E-state index contributed by atoms with van der Waals surface area (Å²) in [5.74, 6) is 0.0274. The summed E-state index contributed by atoms with van der Waals surface area (Å²) in [5, 5.41) is 5.47. The number of carbonyl (C=O) groups is 1. The van der Waals surface area contributed by atoms with Crippen LogP contribution in [0.25, 0.3) is 10.9 Å². The van der Waals surface area contributed by atoms with Crippen LogP contribution in [0.2, 0.25) is 0 Å². The van der Waals surface area contributed by atoms with Crippen LogP contribution in [-0.4, -0.2) is 15.6 Å². The Labute approximate surface area is 130 Å². The zero-order valence-corrected chi connectivity index (χ0v) is 13.1. The quantitative estimate of drug-likeness (QED) is 0.586. The van der Waals surface area contributed by atoms with Crippen molar-refractivity contribution in [3.8, 4) is 0 Å². The van der Waals surface area contributed by atoms with E-state index >= 15 is 0 Å². The van der Waals surface area contributed by atoms with E-state index in [-0.39, 0.29) is 12.2 Å². The Balaban J connectivity index is 1.94. The first kappa shape index (κ1) is 13.8. The number of aromatic nitrogens is 2. The van der Waals surface area contributed by atoms with Crippen molar-refractivity contribution in [3.63, 3.8) is 0 Å². The monoisotopic (exact) mass is 343 g/mol. The minimum absolute atomic E-state index is 0.0274. The van der Waals surface area contributed by atoms with Gasteiger partial charge in [-0.05, 0) is 40.2 Å². The van der Waals surface area contributed by atoms with Crippen LogP contribution in [0.3, 0.4) is 0 Å². The molecule has 3 rings (SSSR count). The van der Waals surface area contributed by atoms with Crippen molar-refractivity contribution in [3.05, 3.63) is 58.2 Å². The number of nitrogen functional groups attached to an aromatic ring is 1. The first-order valence-electron chi connectivity index (χ1n) is 6.55. The third kappa shape index (κ3) is 2.56. The number of hydrogen-bond acceptors (Lipinski definition) is 3. The average molecular weight is 344 g/mol. The summed E-state index contributed by atoms with van der Waals surface area (Å²) in [6.45, 7) is 0. The highest BCUT2D eigenvalue weighted by molar-refractivity contribution is 9.10. The van der Waals surface area contributed by atoms with Crippen molar-refractivity contribution < 1.29 is 4.79 Å². The molecule has 21 heavy (non-hydrogen) atoms. The molecule has 0 atom stereocenters. The molecule has 106 valence electrons. The van der Waals surface area contributed by atoms with Crippen molar-refractivity contribution in [2.75, 3.05) is 5.73 Å². The van der Waals surface area contributed by atoms with Crippen LogP contribution in [-0.2, 0) is 13.5 Å². The van der Waals surface area contributed by atoms with E-state index in [9.17, 15) is 4.79 Å². The first-order valence-corrected chi connectivity index (χ1v) is 7.34. The van der Waals surface area contributed by atoms with Crippen LogP contribution < -0.4 is 5.73 Å². The van der Waals surface area contributed by atoms with Gasteiger partial charge in [-0.15, -0.1) is 0 Å². The van der Waals surface area contributed by atoms with E-state index in [4.69, 9.17) is 5.73 Å². The number of carbonyl (C=O) groups excluding carboxylic acids is 1. The van der Waals surface area contributed by atoms with Crippen LogP contribution in [0, 0.1) is 0 Å². The number of hydrogen-bond donors (Lipinski definition) is 1. The van der Waals surface area contributed by atoms with Crippen molar-refractivity contribution >= 4 is 38.3 Å². The van der Waals surface area contributed by atoms with Crippen molar-refractivity contribution in [2.24, 2.45) is 7.05 Å². The molecule has 0 fully saturated rings. The lowest BCUT2D eigenvalue weighted by atomic mass is 10.0. The summed E-state index contributed by atoms with van der Waals surface area (Å²) in [5.41, 5.74) is 8.82. The number of nitrogens with zero attached hydrogens (tertiary/aromatic N) is 2. The van der Waals surface area contributed by atoms with Gasteiger partial charge in [0.05, 0.1) is 17.6 Å². The van der Waals surface area contributed by atoms with Gasteiger partial charge in [0, 0.05) is 28.2 Å². The maximum Gasteiger partial charge on any atom is 0.168 e. The van der Waals surface area contributed by atoms with E-state index in [1.807, 2.05) is 31.3 Å². The Hall–Kier alpha value is -2.14. The van der Waals surface area contributed by atoms with E-state index in [1.54, 1.807) is 22.9 Å². The van der Waals surface area contributed by atoms with Crippen LogP contribution >= 0.6 is 15.9 Å². The van der Waals surface area contributed by atoms with Gasteiger partial charge in [-0.3, -0.25) is 9.48 Å². The smallest absolute Gasteiger partial charge is 0.168 e.